The zero-order chi connectivity index (χ0) is 14.4. The Labute approximate surface area is 120 Å². The van der Waals surface area contributed by atoms with Gasteiger partial charge in [0.25, 0.3) is 11.8 Å². The molecular weight excluding hydrogens is 280 g/mol. The van der Waals surface area contributed by atoms with E-state index in [1.54, 1.807) is 30.3 Å². The molecule has 0 radical (unpaired) electrons. The van der Waals surface area contributed by atoms with Crippen LogP contribution in [-0.4, -0.2) is 11.8 Å². The summed E-state index contributed by atoms with van der Waals surface area (Å²) >= 11 is 5.77. The molecule has 0 aliphatic heterocycles. The van der Waals surface area contributed by atoms with E-state index in [1.807, 2.05) is 0 Å². The summed E-state index contributed by atoms with van der Waals surface area (Å²) in [4.78, 5) is 23.2. The fourth-order valence-electron chi connectivity index (χ4n) is 1.41. The standard InChI is InChI=1S/C14H11ClN2O3/c15-11-4-1-3-10(9-11)14(19)17-16-13(18)7-6-12-5-2-8-20-12/h1-9H,(H,16,18)(H,17,19)/b7-6+. The highest BCUT2D eigenvalue weighted by atomic mass is 35.5. The van der Waals surface area contributed by atoms with E-state index in [0.717, 1.165) is 0 Å². The number of rotatable bonds is 3. The van der Waals surface area contributed by atoms with Gasteiger partial charge in [0.15, 0.2) is 0 Å². The van der Waals surface area contributed by atoms with E-state index in [1.165, 1.54) is 24.5 Å². The lowest BCUT2D eigenvalue weighted by Gasteiger charge is -2.05. The van der Waals surface area contributed by atoms with Crippen molar-refractivity contribution in [2.45, 2.75) is 0 Å². The van der Waals surface area contributed by atoms with Crippen molar-refractivity contribution >= 4 is 29.5 Å². The van der Waals surface area contributed by atoms with Crippen LogP contribution in [0, 0.1) is 0 Å². The second kappa shape index (κ2) is 6.58. The van der Waals surface area contributed by atoms with Crippen LogP contribution in [0.2, 0.25) is 5.02 Å². The number of carbonyl (C=O) groups is 2. The van der Waals surface area contributed by atoms with Crippen molar-refractivity contribution in [3.05, 3.63) is 65.1 Å². The SMILES string of the molecule is O=C(/C=C/c1ccco1)NNC(=O)c1cccc(Cl)c1. The van der Waals surface area contributed by atoms with Gasteiger partial charge in [-0.05, 0) is 36.4 Å². The van der Waals surface area contributed by atoms with Gasteiger partial charge >= 0.3 is 0 Å². The molecule has 1 aromatic heterocycles. The molecule has 2 N–H and O–H groups in total. The minimum atomic E-state index is -0.475. The highest BCUT2D eigenvalue weighted by molar-refractivity contribution is 6.30. The summed E-state index contributed by atoms with van der Waals surface area (Å²) in [5.74, 6) is -0.384. The maximum Gasteiger partial charge on any atom is 0.269 e. The number of hydrogen-bond donors (Lipinski definition) is 2. The molecular formula is C14H11ClN2O3. The van der Waals surface area contributed by atoms with E-state index >= 15 is 0 Å². The zero-order valence-electron chi connectivity index (χ0n) is 10.3. The van der Waals surface area contributed by atoms with Gasteiger partial charge in [0, 0.05) is 16.7 Å². The van der Waals surface area contributed by atoms with Crippen molar-refractivity contribution in [1.82, 2.24) is 10.9 Å². The van der Waals surface area contributed by atoms with E-state index in [-0.39, 0.29) is 0 Å². The number of hydrazine groups is 1. The average Bonchev–Trinajstić information content (AvgIpc) is 2.95. The topological polar surface area (TPSA) is 71.3 Å². The fourth-order valence-corrected chi connectivity index (χ4v) is 1.60. The molecule has 0 aliphatic carbocycles. The molecule has 1 heterocycles. The van der Waals surface area contributed by atoms with Crippen molar-refractivity contribution < 1.29 is 14.0 Å². The van der Waals surface area contributed by atoms with E-state index in [0.29, 0.717) is 16.3 Å². The van der Waals surface area contributed by atoms with Crippen LogP contribution in [0.4, 0.5) is 0 Å². The largest absolute Gasteiger partial charge is 0.465 e. The Morgan fingerprint density at radius 1 is 1.15 bits per heavy atom. The van der Waals surface area contributed by atoms with Crippen molar-refractivity contribution in [2.75, 3.05) is 0 Å². The van der Waals surface area contributed by atoms with E-state index < -0.39 is 11.8 Å². The molecule has 0 fully saturated rings. The summed E-state index contributed by atoms with van der Waals surface area (Å²) in [7, 11) is 0. The number of benzene rings is 1. The van der Waals surface area contributed by atoms with E-state index in [4.69, 9.17) is 16.0 Å². The number of nitrogens with one attached hydrogen (secondary N) is 2. The minimum Gasteiger partial charge on any atom is -0.465 e. The predicted octanol–water partition coefficient (Wildman–Crippen LogP) is 2.41. The molecule has 20 heavy (non-hydrogen) atoms. The normalized spacial score (nSPS) is 10.4. The molecule has 0 spiro atoms. The average molecular weight is 291 g/mol. The molecule has 0 atom stereocenters. The number of halogens is 1. The summed E-state index contributed by atoms with van der Waals surface area (Å²) in [6.45, 7) is 0. The molecule has 2 rings (SSSR count). The Kier molecular flexibility index (Phi) is 4.57. The van der Waals surface area contributed by atoms with E-state index in [2.05, 4.69) is 10.9 Å². The lowest BCUT2D eigenvalue weighted by Crippen LogP contribution is -2.40. The maximum absolute atomic E-state index is 11.7. The van der Waals surface area contributed by atoms with Crippen LogP contribution in [0.25, 0.3) is 6.08 Å². The molecule has 0 saturated carbocycles. The highest BCUT2D eigenvalue weighted by Gasteiger charge is 2.06. The summed E-state index contributed by atoms with van der Waals surface area (Å²) in [5, 5.41) is 0.446. The Balaban J connectivity index is 1.86. The Bertz CT molecular complexity index is 636. The zero-order valence-corrected chi connectivity index (χ0v) is 11.1. The summed E-state index contributed by atoms with van der Waals surface area (Å²) in [6.07, 6.45) is 4.23. The smallest absolute Gasteiger partial charge is 0.269 e. The molecule has 0 bridgehead atoms. The van der Waals surface area contributed by atoms with Crippen molar-refractivity contribution in [1.29, 1.82) is 0 Å². The lowest BCUT2D eigenvalue weighted by atomic mass is 10.2. The first-order valence-corrected chi connectivity index (χ1v) is 6.10. The van der Waals surface area contributed by atoms with Crippen LogP contribution >= 0.6 is 11.6 Å². The summed E-state index contributed by atoms with van der Waals surface area (Å²) in [5.41, 5.74) is 4.88. The Morgan fingerprint density at radius 2 is 2.00 bits per heavy atom. The quantitative estimate of drug-likeness (QED) is 0.673. The van der Waals surface area contributed by atoms with Crippen LogP contribution in [0.3, 0.4) is 0 Å². The second-order valence-electron chi connectivity index (χ2n) is 3.80. The third-order valence-corrected chi connectivity index (χ3v) is 2.56. The Morgan fingerprint density at radius 3 is 2.70 bits per heavy atom. The van der Waals surface area contributed by atoms with Gasteiger partial charge in [0.05, 0.1) is 6.26 Å². The first kappa shape index (κ1) is 13.9. The summed E-state index contributed by atoms with van der Waals surface area (Å²) < 4.78 is 5.02. The second-order valence-corrected chi connectivity index (χ2v) is 4.24. The number of amides is 2. The van der Waals surface area contributed by atoms with Gasteiger partial charge in [-0.25, -0.2) is 0 Å². The molecule has 2 aromatic rings. The predicted molar refractivity (Wildman–Crippen MR) is 74.8 cm³/mol. The number of carbonyl (C=O) groups excluding carboxylic acids is 2. The van der Waals surface area contributed by atoms with Crippen molar-refractivity contribution in [3.63, 3.8) is 0 Å². The van der Waals surface area contributed by atoms with Gasteiger partial charge in [-0.2, -0.15) is 0 Å². The first-order valence-electron chi connectivity index (χ1n) is 5.72. The van der Waals surface area contributed by atoms with E-state index in [9.17, 15) is 9.59 Å². The fraction of sp³-hybridized carbons (Fsp3) is 0. The Hall–Kier alpha value is -2.53. The molecule has 0 saturated heterocycles. The van der Waals surface area contributed by atoms with Gasteiger partial charge in [-0.15, -0.1) is 0 Å². The first-order chi connectivity index (χ1) is 9.65. The van der Waals surface area contributed by atoms with Crippen molar-refractivity contribution in [3.8, 4) is 0 Å². The number of hydrogen-bond acceptors (Lipinski definition) is 3. The van der Waals surface area contributed by atoms with Crippen molar-refractivity contribution in [2.24, 2.45) is 0 Å². The van der Waals surface area contributed by atoms with Gasteiger partial charge in [-0.3, -0.25) is 20.4 Å². The third kappa shape index (κ3) is 4.00. The maximum atomic E-state index is 11.7. The summed E-state index contributed by atoms with van der Waals surface area (Å²) in [6, 6.07) is 9.81. The van der Waals surface area contributed by atoms with Gasteiger partial charge in [-0.1, -0.05) is 17.7 Å². The van der Waals surface area contributed by atoms with Crippen LogP contribution in [-0.2, 0) is 4.79 Å². The van der Waals surface area contributed by atoms with Crippen LogP contribution in [0.15, 0.2) is 53.2 Å². The molecule has 2 amide bonds. The number of furan rings is 1. The molecule has 1 aromatic carbocycles. The molecule has 0 unspecified atom stereocenters. The highest BCUT2D eigenvalue weighted by Crippen LogP contribution is 2.10. The minimum absolute atomic E-state index is 0.354. The molecule has 5 nitrogen and oxygen atoms in total. The molecule has 102 valence electrons. The lowest BCUT2D eigenvalue weighted by molar-refractivity contribution is -0.117. The van der Waals surface area contributed by atoms with Crippen LogP contribution in [0.1, 0.15) is 16.1 Å². The van der Waals surface area contributed by atoms with Gasteiger partial charge in [0.1, 0.15) is 5.76 Å². The van der Waals surface area contributed by atoms with Gasteiger partial charge < -0.3 is 4.42 Å². The van der Waals surface area contributed by atoms with Crippen LogP contribution in [0.5, 0.6) is 0 Å². The van der Waals surface area contributed by atoms with Gasteiger partial charge in [0.2, 0.25) is 0 Å². The third-order valence-electron chi connectivity index (χ3n) is 2.33. The molecule has 6 heteroatoms. The van der Waals surface area contributed by atoms with Crippen LogP contribution < -0.4 is 10.9 Å². The monoisotopic (exact) mass is 290 g/mol. The molecule has 0 aliphatic rings.